The maximum atomic E-state index is 14.9. The number of nitrogens with two attached hydrogens (primary N) is 1. The van der Waals surface area contributed by atoms with Gasteiger partial charge in [0.25, 0.3) is 5.56 Å². The number of hydrogen-bond acceptors (Lipinski definition) is 8. The summed E-state index contributed by atoms with van der Waals surface area (Å²) in [6.07, 6.45) is 2.30. The average molecular weight is 520 g/mol. The molecular weight excluding hydrogens is 504 g/mol. The van der Waals surface area contributed by atoms with Crippen LogP contribution in [0.5, 0.6) is 0 Å². The Morgan fingerprint density at radius 2 is 1.95 bits per heavy atom. The highest BCUT2D eigenvalue weighted by molar-refractivity contribution is 6.31. The predicted molar refractivity (Wildman–Crippen MR) is 130 cm³/mol. The minimum atomic E-state index is -0.860. The monoisotopic (exact) mass is 519 g/mol. The molecule has 1 aromatic carbocycles. The Morgan fingerprint density at radius 1 is 1.08 bits per heavy atom. The normalized spacial score (nSPS) is 21.7. The van der Waals surface area contributed by atoms with E-state index in [1.807, 2.05) is 0 Å². The van der Waals surface area contributed by atoms with E-state index < -0.39 is 17.9 Å². The van der Waals surface area contributed by atoms with Crippen molar-refractivity contribution < 1.29 is 8.78 Å². The molecule has 10 nitrogen and oxygen atoms in total. The van der Waals surface area contributed by atoms with Gasteiger partial charge in [0.2, 0.25) is 11.9 Å². The average Bonchev–Trinajstić information content (AvgIpc) is 3.17. The molecule has 0 radical (unpaired) electrons. The van der Waals surface area contributed by atoms with Crippen LogP contribution in [-0.2, 0) is 0 Å². The van der Waals surface area contributed by atoms with Crippen LogP contribution in [0.4, 0.5) is 14.6 Å². The molecule has 3 atom stereocenters. The lowest BCUT2D eigenvalue weighted by Gasteiger charge is -2.19. The number of anilines is 1. The fourth-order valence-corrected chi connectivity index (χ4v) is 5.53. The number of benzene rings is 1. The van der Waals surface area contributed by atoms with Crippen LogP contribution in [0.25, 0.3) is 22.5 Å². The second kappa shape index (κ2) is 7.84. The summed E-state index contributed by atoms with van der Waals surface area (Å²) in [7, 11) is 0. The molecule has 5 heterocycles. The number of aromatic nitrogens is 7. The van der Waals surface area contributed by atoms with Gasteiger partial charge < -0.3 is 5.73 Å². The van der Waals surface area contributed by atoms with Crippen molar-refractivity contribution in [2.45, 2.75) is 24.8 Å². The maximum Gasteiger partial charge on any atom is 0.254 e. The molecular formula is C24H16ClF2N9O. The summed E-state index contributed by atoms with van der Waals surface area (Å²) < 4.78 is 32.4. The number of pyridine rings is 1. The van der Waals surface area contributed by atoms with Gasteiger partial charge in [-0.1, -0.05) is 11.6 Å². The first kappa shape index (κ1) is 21.9. The van der Waals surface area contributed by atoms with Gasteiger partial charge in [-0.15, -0.1) is 5.10 Å². The predicted octanol–water partition coefficient (Wildman–Crippen LogP) is 3.50. The van der Waals surface area contributed by atoms with E-state index in [1.165, 1.54) is 29.2 Å². The first-order valence-electron chi connectivity index (χ1n) is 11.4. The maximum absolute atomic E-state index is 14.9. The molecule has 0 spiro atoms. The van der Waals surface area contributed by atoms with Crippen molar-refractivity contribution in [2.75, 3.05) is 5.73 Å². The van der Waals surface area contributed by atoms with Crippen molar-refractivity contribution in [3.63, 3.8) is 0 Å². The van der Waals surface area contributed by atoms with E-state index in [4.69, 9.17) is 22.3 Å². The van der Waals surface area contributed by atoms with Crippen molar-refractivity contribution in [3.8, 4) is 16.9 Å². The molecule has 0 amide bonds. The van der Waals surface area contributed by atoms with Crippen LogP contribution in [0.1, 0.15) is 36.2 Å². The van der Waals surface area contributed by atoms with Gasteiger partial charge in [-0.3, -0.25) is 9.36 Å². The molecule has 7 rings (SSSR count). The molecule has 1 saturated carbocycles. The molecule has 3 aliphatic rings. The largest absolute Gasteiger partial charge is 0.384 e. The third kappa shape index (κ3) is 3.39. The smallest absolute Gasteiger partial charge is 0.254 e. The van der Waals surface area contributed by atoms with Crippen molar-refractivity contribution in [2.24, 2.45) is 10.9 Å². The number of fused-ring (bicyclic) bond motifs is 3. The lowest BCUT2D eigenvalue weighted by atomic mass is 9.98. The number of aliphatic imine (C=N–C) groups is 1. The fraction of sp³-hybridized carbons (Fsp3) is 0.208. The molecule has 0 bridgehead atoms. The molecule has 1 fully saturated rings. The highest BCUT2D eigenvalue weighted by Crippen LogP contribution is 2.60. The number of tetrazole rings is 1. The zero-order valence-corrected chi connectivity index (χ0v) is 19.6. The van der Waals surface area contributed by atoms with E-state index >= 15 is 0 Å². The van der Waals surface area contributed by atoms with Crippen molar-refractivity contribution in [3.05, 3.63) is 81.4 Å². The molecule has 2 N–H and O–H groups in total. The molecule has 37 heavy (non-hydrogen) atoms. The Morgan fingerprint density at radius 3 is 2.73 bits per heavy atom. The van der Waals surface area contributed by atoms with Gasteiger partial charge in [-0.05, 0) is 53.1 Å². The Labute approximate surface area is 212 Å². The number of halogens is 3. The highest BCUT2D eigenvalue weighted by atomic mass is 35.5. The molecule has 3 aromatic heterocycles. The Balaban J connectivity index is 1.27. The van der Waals surface area contributed by atoms with Gasteiger partial charge in [0.1, 0.15) is 18.0 Å². The molecule has 184 valence electrons. The standard InChI is InChI=1S/C24H16ClF2N9O/c25-10-1-3-18(35-9-29-33-34-35)15(5-10)16-8-20(37)36-21(12-6-14(12)24(36)31-16)17-7-13(23(27)30-17)11-2-4-19(28)32-22(11)26/h1-5,8-9,12,14,21H,6-7H2,(H2,28,32)/t12-,14+,21-/m0/s1. The zero-order chi connectivity index (χ0) is 25.4. The number of allylic oxidation sites excluding steroid dienone is 1. The summed E-state index contributed by atoms with van der Waals surface area (Å²) in [5.74, 6) is -0.928. The number of hydrogen-bond donors (Lipinski definition) is 1. The topological polar surface area (TPSA) is 130 Å². The van der Waals surface area contributed by atoms with Crippen LogP contribution in [0.3, 0.4) is 0 Å². The number of rotatable bonds is 4. The Kier molecular flexibility index (Phi) is 4.64. The summed E-state index contributed by atoms with van der Waals surface area (Å²) >= 11 is 6.26. The van der Waals surface area contributed by atoms with Crippen molar-refractivity contribution in [1.82, 2.24) is 34.7 Å². The number of nitrogens with zero attached hydrogens (tertiary/aromatic N) is 8. The molecule has 0 saturated heterocycles. The lowest BCUT2D eigenvalue weighted by Crippen LogP contribution is -2.30. The summed E-state index contributed by atoms with van der Waals surface area (Å²) in [6.45, 7) is 0. The van der Waals surface area contributed by atoms with Gasteiger partial charge >= 0.3 is 0 Å². The lowest BCUT2D eigenvalue weighted by molar-refractivity contribution is 0.572. The van der Waals surface area contributed by atoms with Crippen LogP contribution in [0.2, 0.25) is 5.02 Å². The third-order valence-corrected chi connectivity index (χ3v) is 7.29. The molecule has 1 aliphatic carbocycles. The minimum Gasteiger partial charge on any atom is -0.384 e. The number of nitrogen functional groups attached to an aromatic ring is 1. The first-order valence-corrected chi connectivity index (χ1v) is 11.8. The molecule has 13 heteroatoms. The summed E-state index contributed by atoms with van der Waals surface area (Å²) in [6, 6.07) is 8.92. The summed E-state index contributed by atoms with van der Waals surface area (Å²) in [5, 5.41) is 11.8. The summed E-state index contributed by atoms with van der Waals surface area (Å²) in [4.78, 5) is 26.0. The van der Waals surface area contributed by atoms with Gasteiger partial charge in [0.15, 0.2) is 0 Å². The van der Waals surface area contributed by atoms with Gasteiger partial charge in [0.05, 0.1) is 17.4 Å². The van der Waals surface area contributed by atoms with Crippen molar-refractivity contribution in [1.29, 1.82) is 0 Å². The zero-order valence-electron chi connectivity index (χ0n) is 18.9. The molecule has 2 aliphatic heterocycles. The van der Waals surface area contributed by atoms with E-state index in [0.29, 0.717) is 33.5 Å². The SMILES string of the molecule is Nc1ccc(C2=C(F)N=C([C@@H]3[C@H]4C[C@H]4c4nc(-c5cc(Cl)ccc5-n5cnnn5)cc(=O)n43)C2)c(F)n1. The van der Waals surface area contributed by atoms with Crippen LogP contribution in [0, 0.1) is 11.9 Å². The first-order chi connectivity index (χ1) is 17.9. The quantitative estimate of drug-likeness (QED) is 0.322. The molecule has 0 unspecified atom stereocenters. The van der Waals surface area contributed by atoms with E-state index in [-0.39, 0.29) is 40.8 Å². The Hall–Kier alpha value is -4.32. The van der Waals surface area contributed by atoms with Gasteiger partial charge in [-0.25, -0.2) is 15.0 Å². The minimum absolute atomic E-state index is 0.00307. The third-order valence-electron chi connectivity index (χ3n) is 7.05. The van der Waals surface area contributed by atoms with E-state index in [1.54, 1.807) is 22.8 Å². The van der Waals surface area contributed by atoms with E-state index in [9.17, 15) is 13.6 Å². The highest BCUT2D eigenvalue weighted by Gasteiger charge is 2.56. The van der Waals surface area contributed by atoms with Crippen LogP contribution >= 0.6 is 11.6 Å². The second-order valence-corrected chi connectivity index (χ2v) is 9.63. The fourth-order valence-electron chi connectivity index (χ4n) is 5.36. The summed E-state index contributed by atoms with van der Waals surface area (Å²) in [5.41, 5.74) is 7.44. The van der Waals surface area contributed by atoms with E-state index in [0.717, 1.165) is 6.42 Å². The Bertz CT molecular complexity index is 1730. The van der Waals surface area contributed by atoms with Crippen LogP contribution in [-0.4, -0.2) is 40.5 Å². The second-order valence-electron chi connectivity index (χ2n) is 9.20. The van der Waals surface area contributed by atoms with Gasteiger partial charge in [0, 0.05) is 45.8 Å². The molecule has 4 aromatic rings. The van der Waals surface area contributed by atoms with E-state index in [2.05, 4.69) is 25.5 Å². The van der Waals surface area contributed by atoms with Gasteiger partial charge in [-0.2, -0.15) is 13.5 Å². The van der Waals surface area contributed by atoms with Crippen LogP contribution in [0.15, 0.2) is 58.5 Å². The van der Waals surface area contributed by atoms with Crippen molar-refractivity contribution >= 4 is 28.7 Å². The van der Waals surface area contributed by atoms with Crippen LogP contribution < -0.4 is 11.3 Å².